The molecule has 0 saturated carbocycles. The third kappa shape index (κ3) is 5.92. The maximum atomic E-state index is 12.6. The molecule has 0 saturated heterocycles. The minimum Gasteiger partial charge on any atom is -0.343 e. The molecule has 0 aliphatic heterocycles. The van der Waals surface area contributed by atoms with Gasteiger partial charge in [0.2, 0.25) is 0 Å². The normalized spacial score (nSPS) is 11.5. The first-order valence-electron chi connectivity index (χ1n) is 9.54. The molecule has 0 aliphatic rings. The third-order valence-corrected chi connectivity index (χ3v) is 5.84. The highest BCUT2D eigenvalue weighted by Crippen LogP contribution is 2.35. The number of amides is 3. The molecule has 1 aromatic carbocycles. The summed E-state index contributed by atoms with van der Waals surface area (Å²) in [7, 11) is -1.23. The van der Waals surface area contributed by atoms with Gasteiger partial charge in [-0.3, -0.25) is 4.79 Å². The van der Waals surface area contributed by atoms with E-state index in [-0.39, 0.29) is 17.5 Å². The molecule has 11 heteroatoms. The van der Waals surface area contributed by atoms with Crippen molar-refractivity contribution in [1.82, 2.24) is 19.6 Å². The number of halogens is 1. The highest BCUT2D eigenvalue weighted by atomic mass is 35.5. The predicted molar refractivity (Wildman–Crippen MR) is 119 cm³/mol. The summed E-state index contributed by atoms with van der Waals surface area (Å²) in [6, 6.07) is 2.55. The van der Waals surface area contributed by atoms with E-state index in [0.717, 1.165) is 23.5 Å². The lowest BCUT2D eigenvalue weighted by atomic mass is 9.92. The molecule has 0 spiro atoms. The first kappa shape index (κ1) is 24.5. The predicted octanol–water partition coefficient (Wildman–Crippen LogP) is 3.59. The van der Waals surface area contributed by atoms with Gasteiger partial charge in [-0.2, -0.15) is 8.42 Å². The van der Waals surface area contributed by atoms with E-state index >= 15 is 0 Å². The van der Waals surface area contributed by atoms with Crippen molar-refractivity contribution in [3.05, 3.63) is 46.4 Å². The number of sulfonamides is 1. The highest BCUT2D eigenvalue weighted by molar-refractivity contribution is 7.90. The number of urea groups is 1. The summed E-state index contributed by atoms with van der Waals surface area (Å²) in [6.45, 7) is 7.78. The fourth-order valence-electron chi connectivity index (χ4n) is 2.81. The monoisotopic (exact) mass is 467 g/mol. The summed E-state index contributed by atoms with van der Waals surface area (Å²) < 4.78 is 27.0. The SMILES string of the molecule is CC(C)c1cc(Cl)cc(C(C)C)c1NC(=O)NS(=O)(=O)c1cnc(C(=O)N(C)C)cn1. The number of hydrogen-bond acceptors (Lipinski definition) is 6. The summed E-state index contributed by atoms with van der Waals surface area (Å²) in [5.74, 6) is -0.348. The van der Waals surface area contributed by atoms with E-state index in [1.807, 2.05) is 32.4 Å². The van der Waals surface area contributed by atoms with Crippen LogP contribution in [0.2, 0.25) is 5.02 Å². The summed E-state index contributed by atoms with van der Waals surface area (Å²) >= 11 is 6.22. The first-order chi connectivity index (χ1) is 14.3. The summed E-state index contributed by atoms with van der Waals surface area (Å²) in [4.78, 5) is 33.3. The van der Waals surface area contributed by atoms with Crippen molar-refractivity contribution in [2.24, 2.45) is 0 Å². The molecule has 1 heterocycles. The van der Waals surface area contributed by atoms with Crippen molar-refractivity contribution in [1.29, 1.82) is 0 Å². The molecular formula is C20H26ClN5O4S. The Morgan fingerprint density at radius 2 is 1.55 bits per heavy atom. The molecule has 0 aliphatic carbocycles. The quantitative estimate of drug-likeness (QED) is 0.669. The lowest BCUT2D eigenvalue weighted by Crippen LogP contribution is -2.35. The smallest absolute Gasteiger partial charge is 0.333 e. The van der Waals surface area contributed by atoms with E-state index in [1.165, 1.54) is 19.0 Å². The van der Waals surface area contributed by atoms with Crippen molar-refractivity contribution in [2.75, 3.05) is 19.4 Å². The number of nitrogens with zero attached hydrogens (tertiary/aromatic N) is 3. The number of anilines is 1. The fourth-order valence-corrected chi connectivity index (χ4v) is 3.83. The second kappa shape index (κ2) is 9.61. The van der Waals surface area contributed by atoms with Crippen LogP contribution in [0.25, 0.3) is 0 Å². The zero-order valence-electron chi connectivity index (χ0n) is 18.2. The number of carbonyl (C=O) groups excluding carboxylic acids is 2. The van der Waals surface area contributed by atoms with Crippen LogP contribution in [-0.4, -0.2) is 49.3 Å². The first-order valence-corrected chi connectivity index (χ1v) is 11.4. The molecule has 0 radical (unpaired) electrons. The van der Waals surface area contributed by atoms with Crippen molar-refractivity contribution in [2.45, 2.75) is 44.6 Å². The fraction of sp³-hybridized carbons (Fsp3) is 0.400. The van der Waals surface area contributed by atoms with E-state index in [2.05, 4.69) is 15.3 Å². The molecule has 0 unspecified atom stereocenters. The average molecular weight is 468 g/mol. The van der Waals surface area contributed by atoms with Crippen LogP contribution in [0.5, 0.6) is 0 Å². The van der Waals surface area contributed by atoms with Crippen LogP contribution >= 0.6 is 11.6 Å². The van der Waals surface area contributed by atoms with Gasteiger partial charge in [-0.05, 0) is 35.1 Å². The summed E-state index contributed by atoms with van der Waals surface area (Å²) in [5, 5.41) is 2.69. The van der Waals surface area contributed by atoms with Crippen LogP contribution < -0.4 is 10.0 Å². The van der Waals surface area contributed by atoms with E-state index in [4.69, 9.17) is 11.6 Å². The molecule has 31 heavy (non-hydrogen) atoms. The minimum absolute atomic E-state index is 0.0160. The van der Waals surface area contributed by atoms with Crippen molar-refractivity contribution < 1.29 is 18.0 Å². The van der Waals surface area contributed by atoms with Gasteiger partial charge in [0.15, 0.2) is 5.03 Å². The molecule has 1 aromatic heterocycles. The molecule has 3 amide bonds. The highest BCUT2D eigenvalue weighted by Gasteiger charge is 2.23. The van der Waals surface area contributed by atoms with Gasteiger partial charge in [0.25, 0.3) is 15.9 Å². The Labute approximate surface area is 187 Å². The zero-order chi connectivity index (χ0) is 23.5. The molecule has 0 bridgehead atoms. The minimum atomic E-state index is -4.30. The van der Waals surface area contributed by atoms with Crippen LogP contribution in [-0.2, 0) is 10.0 Å². The van der Waals surface area contributed by atoms with Gasteiger partial charge in [-0.25, -0.2) is 19.5 Å². The number of aromatic nitrogens is 2. The Bertz CT molecular complexity index is 1050. The van der Waals surface area contributed by atoms with Gasteiger partial charge < -0.3 is 10.2 Å². The van der Waals surface area contributed by atoms with Crippen LogP contribution in [0.1, 0.15) is 61.1 Å². The van der Waals surface area contributed by atoms with E-state index in [0.29, 0.717) is 10.7 Å². The largest absolute Gasteiger partial charge is 0.343 e. The van der Waals surface area contributed by atoms with E-state index < -0.39 is 27.0 Å². The number of benzene rings is 1. The Morgan fingerprint density at radius 3 is 1.97 bits per heavy atom. The number of rotatable bonds is 6. The molecule has 9 nitrogen and oxygen atoms in total. The molecule has 2 rings (SSSR count). The maximum absolute atomic E-state index is 12.6. The van der Waals surface area contributed by atoms with Gasteiger partial charge >= 0.3 is 6.03 Å². The second-order valence-corrected chi connectivity index (χ2v) is 9.83. The molecule has 0 fully saturated rings. The summed E-state index contributed by atoms with van der Waals surface area (Å²) in [5.41, 5.74) is 2.07. The lowest BCUT2D eigenvalue weighted by Gasteiger charge is -2.21. The van der Waals surface area contributed by atoms with Gasteiger partial charge in [-0.1, -0.05) is 39.3 Å². The van der Waals surface area contributed by atoms with Crippen LogP contribution in [0, 0.1) is 0 Å². The number of hydrogen-bond donors (Lipinski definition) is 2. The topological polar surface area (TPSA) is 121 Å². The second-order valence-electron chi connectivity index (χ2n) is 7.77. The Kier molecular flexibility index (Phi) is 7.61. The van der Waals surface area contributed by atoms with Gasteiger partial charge in [0.05, 0.1) is 12.4 Å². The van der Waals surface area contributed by atoms with Crippen molar-refractivity contribution >= 4 is 39.2 Å². The maximum Gasteiger partial charge on any atom is 0.333 e. The number of carbonyl (C=O) groups is 2. The molecule has 168 valence electrons. The molecule has 0 atom stereocenters. The molecular weight excluding hydrogens is 442 g/mol. The van der Waals surface area contributed by atoms with Crippen LogP contribution in [0.3, 0.4) is 0 Å². The lowest BCUT2D eigenvalue weighted by molar-refractivity contribution is 0.0821. The van der Waals surface area contributed by atoms with Crippen LogP contribution in [0.15, 0.2) is 29.6 Å². The standard InChI is InChI=1S/C20H26ClN5O4S/c1-11(2)14-7-13(21)8-15(12(3)4)18(14)24-20(28)25-31(29,30)17-10-22-16(9-23-17)19(27)26(5)6/h7-12H,1-6H3,(H2,24,25,28). The van der Waals surface area contributed by atoms with Crippen molar-refractivity contribution in [3.8, 4) is 0 Å². The van der Waals surface area contributed by atoms with Gasteiger partial charge in [0, 0.05) is 24.8 Å². The van der Waals surface area contributed by atoms with Crippen LogP contribution in [0.4, 0.5) is 10.5 Å². The Morgan fingerprint density at radius 1 is 1.00 bits per heavy atom. The average Bonchev–Trinajstić information content (AvgIpc) is 2.67. The Hall–Kier alpha value is -2.72. The van der Waals surface area contributed by atoms with Gasteiger partial charge in [0.1, 0.15) is 5.69 Å². The zero-order valence-corrected chi connectivity index (χ0v) is 19.8. The van der Waals surface area contributed by atoms with E-state index in [1.54, 1.807) is 12.1 Å². The van der Waals surface area contributed by atoms with E-state index in [9.17, 15) is 18.0 Å². The molecule has 2 N–H and O–H groups in total. The van der Waals surface area contributed by atoms with Crippen molar-refractivity contribution in [3.63, 3.8) is 0 Å². The third-order valence-electron chi connectivity index (χ3n) is 4.40. The summed E-state index contributed by atoms with van der Waals surface area (Å²) in [6.07, 6.45) is 1.97. The van der Waals surface area contributed by atoms with Gasteiger partial charge in [-0.15, -0.1) is 0 Å². The Balaban J connectivity index is 2.29. The number of nitrogens with one attached hydrogen (secondary N) is 2. The molecule has 2 aromatic rings.